The van der Waals surface area contributed by atoms with Crippen LogP contribution in [0.1, 0.15) is 37.8 Å². The molecule has 0 spiro atoms. The molecule has 2 atom stereocenters. The fourth-order valence-electron chi connectivity index (χ4n) is 3.28. The molecule has 0 aliphatic heterocycles. The minimum atomic E-state index is -3.18. The van der Waals surface area contributed by atoms with Crippen molar-refractivity contribution in [1.82, 2.24) is 4.90 Å². The predicted molar refractivity (Wildman–Crippen MR) is 106 cm³/mol. The van der Waals surface area contributed by atoms with Gasteiger partial charge >= 0.3 is 0 Å². The topological polar surface area (TPSA) is 40.5 Å². The minimum absolute atomic E-state index is 0.241. The van der Waals surface area contributed by atoms with E-state index in [1.54, 1.807) is 0 Å². The van der Waals surface area contributed by atoms with Gasteiger partial charge in [0.15, 0.2) is 0 Å². The zero-order chi connectivity index (χ0) is 18.1. The molecular weight excluding hydrogens is 329 g/mol. The lowest BCUT2D eigenvalue weighted by Crippen LogP contribution is -2.25. The number of hydrogen-bond acceptors (Lipinski definition) is 2. The highest BCUT2D eigenvalue weighted by molar-refractivity contribution is 7.57. The van der Waals surface area contributed by atoms with E-state index in [0.717, 1.165) is 12.8 Å². The van der Waals surface area contributed by atoms with Crippen molar-refractivity contribution in [3.8, 4) is 0 Å². The Hall–Kier alpha value is -1.41. The van der Waals surface area contributed by atoms with Gasteiger partial charge in [0.2, 0.25) is 7.37 Å². The van der Waals surface area contributed by atoms with Crippen LogP contribution in [0.4, 0.5) is 0 Å². The SMILES string of the molecule is CCCC(C)CP(=O)(O)CN(Cc1ccccc1)Cc1ccccc1. The Balaban J connectivity index is 2.09. The van der Waals surface area contributed by atoms with Gasteiger partial charge in [-0.25, -0.2) is 0 Å². The highest BCUT2D eigenvalue weighted by Gasteiger charge is 2.25. The van der Waals surface area contributed by atoms with Crippen molar-refractivity contribution in [3.05, 3.63) is 71.8 Å². The van der Waals surface area contributed by atoms with Crippen LogP contribution >= 0.6 is 7.37 Å². The van der Waals surface area contributed by atoms with E-state index in [0.29, 0.717) is 19.3 Å². The van der Waals surface area contributed by atoms with Crippen molar-refractivity contribution in [3.63, 3.8) is 0 Å². The van der Waals surface area contributed by atoms with E-state index in [2.05, 4.69) is 43.0 Å². The lowest BCUT2D eigenvalue weighted by Gasteiger charge is -2.26. The van der Waals surface area contributed by atoms with Crippen molar-refractivity contribution < 1.29 is 9.46 Å². The second-order valence-electron chi connectivity index (χ2n) is 7.02. The zero-order valence-corrected chi connectivity index (χ0v) is 16.2. The van der Waals surface area contributed by atoms with E-state index in [1.807, 2.05) is 36.4 Å². The maximum Gasteiger partial charge on any atom is 0.214 e. The van der Waals surface area contributed by atoms with E-state index in [1.165, 1.54) is 11.1 Å². The molecule has 0 fully saturated rings. The molecule has 2 unspecified atom stereocenters. The van der Waals surface area contributed by atoms with Gasteiger partial charge in [-0.15, -0.1) is 0 Å². The van der Waals surface area contributed by atoms with Crippen molar-refractivity contribution >= 4 is 7.37 Å². The molecule has 4 heteroatoms. The number of rotatable bonds is 10. The minimum Gasteiger partial charge on any atom is -0.343 e. The summed E-state index contributed by atoms with van der Waals surface area (Å²) >= 11 is 0. The van der Waals surface area contributed by atoms with Gasteiger partial charge in [0.05, 0.1) is 6.29 Å². The van der Waals surface area contributed by atoms with Crippen LogP contribution in [0.3, 0.4) is 0 Å². The third-order valence-electron chi connectivity index (χ3n) is 4.30. The normalized spacial score (nSPS) is 15.0. The third-order valence-corrected chi connectivity index (χ3v) is 6.33. The van der Waals surface area contributed by atoms with E-state index < -0.39 is 7.37 Å². The Morgan fingerprint density at radius 3 is 1.88 bits per heavy atom. The second kappa shape index (κ2) is 9.91. The molecule has 136 valence electrons. The first-order valence-electron chi connectivity index (χ1n) is 9.09. The Morgan fingerprint density at radius 1 is 0.960 bits per heavy atom. The quantitative estimate of drug-likeness (QED) is 0.581. The second-order valence-corrected chi connectivity index (χ2v) is 9.36. The van der Waals surface area contributed by atoms with Gasteiger partial charge < -0.3 is 4.89 Å². The van der Waals surface area contributed by atoms with Crippen LogP contribution in [-0.4, -0.2) is 22.2 Å². The fraction of sp³-hybridized carbons (Fsp3) is 0.429. The van der Waals surface area contributed by atoms with Crippen LogP contribution in [0.15, 0.2) is 60.7 Å². The molecule has 0 aromatic heterocycles. The van der Waals surface area contributed by atoms with Crippen LogP contribution in [-0.2, 0) is 17.7 Å². The molecule has 0 bridgehead atoms. The molecule has 2 rings (SSSR count). The van der Waals surface area contributed by atoms with Crippen molar-refractivity contribution in [2.45, 2.75) is 39.8 Å². The summed E-state index contributed by atoms with van der Waals surface area (Å²) in [7, 11) is -3.18. The van der Waals surface area contributed by atoms with Gasteiger partial charge in [-0.2, -0.15) is 0 Å². The summed E-state index contributed by atoms with van der Waals surface area (Å²) in [5.74, 6) is 0.288. The zero-order valence-electron chi connectivity index (χ0n) is 15.3. The Morgan fingerprint density at radius 2 is 1.44 bits per heavy atom. The van der Waals surface area contributed by atoms with Gasteiger partial charge in [-0.3, -0.25) is 9.46 Å². The maximum absolute atomic E-state index is 12.8. The lowest BCUT2D eigenvalue weighted by molar-refractivity contribution is 0.284. The highest BCUT2D eigenvalue weighted by atomic mass is 31.2. The summed E-state index contributed by atoms with van der Waals surface area (Å²) in [5.41, 5.74) is 2.33. The Bertz CT molecular complexity index is 619. The largest absolute Gasteiger partial charge is 0.343 e. The summed E-state index contributed by atoms with van der Waals surface area (Å²) in [6.45, 7) is 5.56. The van der Waals surface area contributed by atoms with E-state index in [9.17, 15) is 9.46 Å². The van der Waals surface area contributed by atoms with Crippen molar-refractivity contribution in [2.75, 3.05) is 12.4 Å². The molecule has 0 saturated heterocycles. The highest BCUT2D eigenvalue weighted by Crippen LogP contribution is 2.44. The molecule has 0 aliphatic carbocycles. The van der Waals surface area contributed by atoms with Crippen molar-refractivity contribution in [2.24, 2.45) is 5.92 Å². The average molecular weight is 359 g/mol. The van der Waals surface area contributed by atoms with E-state index >= 15 is 0 Å². The molecule has 25 heavy (non-hydrogen) atoms. The number of hydrogen-bond donors (Lipinski definition) is 1. The summed E-state index contributed by atoms with van der Waals surface area (Å²) in [6.07, 6.45) is 2.70. The first-order valence-corrected chi connectivity index (χ1v) is 11.1. The van der Waals surface area contributed by atoms with Crippen LogP contribution in [0.2, 0.25) is 0 Å². The Labute approximate surface area is 152 Å². The van der Waals surface area contributed by atoms with Gasteiger partial charge in [0.1, 0.15) is 0 Å². The summed E-state index contributed by atoms with van der Waals surface area (Å²) < 4.78 is 12.8. The van der Waals surface area contributed by atoms with E-state index in [4.69, 9.17) is 0 Å². The van der Waals surface area contributed by atoms with Crippen molar-refractivity contribution in [1.29, 1.82) is 0 Å². The number of benzene rings is 2. The van der Waals surface area contributed by atoms with Gasteiger partial charge in [0.25, 0.3) is 0 Å². The van der Waals surface area contributed by atoms with Crippen LogP contribution in [0, 0.1) is 5.92 Å². The first-order chi connectivity index (χ1) is 12.0. The summed E-state index contributed by atoms with van der Waals surface area (Å²) in [4.78, 5) is 12.7. The predicted octanol–water partition coefficient (Wildman–Crippen LogP) is 5.35. The smallest absolute Gasteiger partial charge is 0.214 e. The molecule has 0 amide bonds. The van der Waals surface area contributed by atoms with Crippen LogP contribution < -0.4 is 0 Å². The molecule has 0 aliphatic rings. The maximum atomic E-state index is 12.8. The standard InChI is InChI=1S/C21H30NO2P/c1-3-10-19(2)17-25(23,24)18-22(15-20-11-6-4-7-12-20)16-21-13-8-5-9-14-21/h4-9,11-14,19H,3,10,15-18H2,1-2H3,(H,23,24). The van der Waals surface area contributed by atoms with E-state index in [-0.39, 0.29) is 12.2 Å². The Kier molecular flexibility index (Phi) is 7.90. The first kappa shape index (κ1) is 19.9. The molecule has 3 nitrogen and oxygen atoms in total. The molecule has 0 heterocycles. The molecule has 2 aromatic carbocycles. The molecule has 2 aromatic rings. The van der Waals surface area contributed by atoms with Crippen LogP contribution in [0.5, 0.6) is 0 Å². The van der Waals surface area contributed by atoms with Crippen LogP contribution in [0.25, 0.3) is 0 Å². The fourth-order valence-corrected chi connectivity index (χ4v) is 5.38. The third kappa shape index (κ3) is 7.56. The average Bonchev–Trinajstić information content (AvgIpc) is 2.56. The molecular formula is C21H30NO2P. The monoisotopic (exact) mass is 359 g/mol. The van der Waals surface area contributed by atoms with Gasteiger partial charge in [-0.1, -0.05) is 87.4 Å². The lowest BCUT2D eigenvalue weighted by atomic mass is 10.1. The summed E-state index contributed by atoms with van der Waals surface area (Å²) in [6, 6.07) is 20.3. The number of nitrogens with zero attached hydrogens (tertiary/aromatic N) is 1. The molecule has 1 N–H and O–H groups in total. The molecule has 0 saturated carbocycles. The van der Waals surface area contributed by atoms with Gasteiger partial charge in [-0.05, 0) is 17.0 Å². The molecule has 0 radical (unpaired) electrons. The van der Waals surface area contributed by atoms with Gasteiger partial charge in [0, 0.05) is 19.3 Å². The summed E-state index contributed by atoms with van der Waals surface area (Å²) in [5, 5.41) is 0.